The van der Waals surface area contributed by atoms with Crippen molar-refractivity contribution in [1.82, 2.24) is 5.32 Å². The average molecular weight is 322 g/mol. The Bertz CT molecular complexity index is 688. The number of amides is 1. The van der Waals surface area contributed by atoms with Gasteiger partial charge in [-0.1, -0.05) is 29.3 Å². The summed E-state index contributed by atoms with van der Waals surface area (Å²) in [4.78, 5) is 12.3. The van der Waals surface area contributed by atoms with E-state index in [0.717, 1.165) is 11.3 Å². The molecule has 1 amide bonds. The fourth-order valence-corrected chi connectivity index (χ4v) is 2.76. The summed E-state index contributed by atoms with van der Waals surface area (Å²) in [7, 11) is 0. The van der Waals surface area contributed by atoms with E-state index < -0.39 is 0 Å². The summed E-state index contributed by atoms with van der Waals surface area (Å²) < 4.78 is 5.58. The summed E-state index contributed by atoms with van der Waals surface area (Å²) in [6.07, 6.45) is 0.708. The molecule has 2 aromatic carbocycles. The van der Waals surface area contributed by atoms with E-state index in [0.29, 0.717) is 28.6 Å². The smallest absolute Gasteiger partial charge is 0.251 e. The molecular formula is C16H13Cl2NO2. The Balaban J connectivity index is 1.83. The van der Waals surface area contributed by atoms with Crippen LogP contribution in [0.1, 0.15) is 28.4 Å². The quantitative estimate of drug-likeness (QED) is 0.898. The molecule has 0 aliphatic carbocycles. The summed E-state index contributed by atoms with van der Waals surface area (Å²) in [6, 6.07) is 12.2. The minimum atomic E-state index is -0.157. The highest BCUT2D eigenvalue weighted by Gasteiger charge is 2.23. The van der Waals surface area contributed by atoms with E-state index in [1.807, 2.05) is 12.1 Å². The van der Waals surface area contributed by atoms with Crippen LogP contribution in [0, 0.1) is 0 Å². The molecule has 108 valence electrons. The van der Waals surface area contributed by atoms with Crippen molar-refractivity contribution in [3.05, 3.63) is 63.6 Å². The van der Waals surface area contributed by atoms with E-state index in [9.17, 15) is 4.79 Å². The second kappa shape index (κ2) is 5.96. The lowest BCUT2D eigenvalue weighted by atomic mass is 10.00. The monoisotopic (exact) mass is 321 g/mol. The van der Waals surface area contributed by atoms with Gasteiger partial charge in [0.2, 0.25) is 0 Å². The zero-order chi connectivity index (χ0) is 14.8. The summed E-state index contributed by atoms with van der Waals surface area (Å²) in [5.74, 6) is 0.609. The SMILES string of the molecule is O=C(NC1CCOc2ccc(Cl)cc21)c1cccc(Cl)c1. The van der Waals surface area contributed by atoms with E-state index in [4.69, 9.17) is 27.9 Å². The maximum absolute atomic E-state index is 12.3. The van der Waals surface area contributed by atoms with Crippen LogP contribution >= 0.6 is 23.2 Å². The van der Waals surface area contributed by atoms with Crippen LogP contribution in [-0.4, -0.2) is 12.5 Å². The molecule has 0 saturated heterocycles. The van der Waals surface area contributed by atoms with Gasteiger partial charge in [-0.25, -0.2) is 0 Å². The highest BCUT2D eigenvalue weighted by atomic mass is 35.5. The minimum Gasteiger partial charge on any atom is -0.493 e. The van der Waals surface area contributed by atoms with Gasteiger partial charge in [0.25, 0.3) is 5.91 Å². The Morgan fingerprint density at radius 2 is 1.95 bits per heavy atom. The Morgan fingerprint density at radius 3 is 2.76 bits per heavy atom. The van der Waals surface area contributed by atoms with Crippen molar-refractivity contribution in [3.63, 3.8) is 0 Å². The van der Waals surface area contributed by atoms with E-state index in [-0.39, 0.29) is 11.9 Å². The molecule has 5 heteroatoms. The number of ether oxygens (including phenoxy) is 1. The number of hydrogen-bond acceptors (Lipinski definition) is 2. The molecule has 3 nitrogen and oxygen atoms in total. The third kappa shape index (κ3) is 3.14. The number of halogens is 2. The number of hydrogen-bond donors (Lipinski definition) is 1. The first kappa shape index (κ1) is 14.2. The van der Waals surface area contributed by atoms with Crippen LogP contribution < -0.4 is 10.1 Å². The first-order valence-electron chi connectivity index (χ1n) is 6.62. The maximum atomic E-state index is 12.3. The highest BCUT2D eigenvalue weighted by molar-refractivity contribution is 6.31. The lowest BCUT2D eigenvalue weighted by molar-refractivity contribution is 0.0925. The Labute approximate surface area is 132 Å². The van der Waals surface area contributed by atoms with Gasteiger partial charge in [-0.3, -0.25) is 4.79 Å². The Morgan fingerprint density at radius 1 is 1.14 bits per heavy atom. The third-order valence-corrected chi connectivity index (χ3v) is 3.87. The number of benzene rings is 2. The predicted molar refractivity (Wildman–Crippen MR) is 83.2 cm³/mol. The van der Waals surface area contributed by atoms with Gasteiger partial charge in [0, 0.05) is 27.6 Å². The lowest BCUT2D eigenvalue weighted by Gasteiger charge is -2.27. The van der Waals surface area contributed by atoms with Crippen molar-refractivity contribution < 1.29 is 9.53 Å². The van der Waals surface area contributed by atoms with Crippen molar-refractivity contribution in [2.45, 2.75) is 12.5 Å². The Hall–Kier alpha value is -1.71. The summed E-state index contributed by atoms with van der Waals surface area (Å²) >= 11 is 11.9. The second-order valence-electron chi connectivity index (χ2n) is 4.86. The zero-order valence-corrected chi connectivity index (χ0v) is 12.6. The molecular weight excluding hydrogens is 309 g/mol. The van der Waals surface area contributed by atoms with E-state index in [2.05, 4.69) is 5.32 Å². The van der Waals surface area contributed by atoms with Crippen LogP contribution in [-0.2, 0) is 0 Å². The van der Waals surface area contributed by atoms with Crippen LogP contribution in [0.5, 0.6) is 5.75 Å². The van der Waals surface area contributed by atoms with Crippen LogP contribution in [0.4, 0.5) is 0 Å². The van der Waals surface area contributed by atoms with Gasteiger partial charge in [-0.15, -0.1) is 0 Å². The third-order valence-electron chi connectivity index (χ3n) is 3.40. The molecule has 21 heavy (non-hydrogen) atoms. The molecule has 0 spiro atoms. The predicted octanol–water partition coefficient (Wildman–Crippen LogP) is 4.25. The summed E-state index contributed by atoms with van der Waals surface area (Å²) in [5.41, 5.74) is 1.45. The molecule has 0 radical (unpaired) electrons. The molecule has 1 atom stereocenters. The van der Waals surface area contributed by atoms with Crippen LogP contribution in [0.3, 0.4) is 0 Å². The van der Waals surface area contributed by atoms with Crippen molar-refractivity contribution in [3.8, 4) is 5.75 Å². The first-order valence-corrected chi connectivity index (χ1v) is 7.38. The van der Waals surface area contributed by atoms with E-state index in [1.54, 1.807) is 30.3 Å². The molecule has 1 aliphatic rings. The number of carbonyl (C=O) groups excluding carboxylic acids is 1. The van der Waals surface area contributed by atoms with Crippen LogP contribution in [0.25, 0.3) is 0 Å². The van der Waals surface area contributed by atoms with Gasteiger partial charge in [0.05, 0.1) is 12.6 Å². The van der Waals surface area contributed by atoms with Gasteiger partial charge in [0.1, 0.15) is 5.75 Å². The fraction of sp³-hybridized carbons (Fsp3) is 0.188. The van der Waals surface area contributed by atoms with Gasteiger partial charge >= 0.3 is 0 Å². The number of nitrogens with one attached hydrogen (secondary N) is 1. The van der Waals surface area contributed by atoms with Crippen molar-refractivity contribution in [1.29, 1.82) is 0 Å². The van der Waals surface area contributed by atoms with Crippen molar-refractivity contribution >= 4 is 29.1 Å². The summed E-state index contributed by atoms with van der Waals surface area (Å²) in [6.45, 7) is 0.565. The number of rotatable bonds is 2. The van der Waals surface area contributed by atoms with Gasteiger partial charge < -0.3 is 10.1 Å². The number of carbonyl (C=O) groups is 1. The van der Waals surface area contributed by atoms with Gasteiger partial charge in [-0.2, -0.15) is 0 Å². The molecule has 2 aromatic rings. The van der Waals surface area contributed by atoms with Gasteiger partial charge in [-0.05, 0) is 36.4 Å². The van der Waals surface area contributed by atoms with E-state index in [1.165, 1.54) is 0 Å². The number of fused-ring (bicyclic) bond motifs is 1. The standard InChI is InChI=1S/C16H13Cl2NO2/c17-11-3-1-2-10(8-11)16(20)19-14-6-7-21-15-5-4-12(18)9-13(14)15/h1-5,8-9,14H,6-7H2,(H,19,20). The maximum Gasteiger partial charge on any atom is 0.251 e. The molecule has 1 N–H and O–H groups in total. The largest absolute Gasteiger partial charge is 0.493 e. The first-order chi connectivity index (χ1) is 10.1. The normalized spacial score (nSPS) is 16.8. The molecule has 1 heterocycles. The zero-order valence-electron chi connectivity index (χ0n) is 11.1. The van der Waals surface area contributed by atoms with Gasteiger partial charge in [0.15, 0.2) is 0 Å². The minimum absolute atomic E-state index is 0.112. The van der Waals surface area contributed by atoms with Crippen molar-refractivity contribution in [2.75, 3.05) is 6.61 Å². The second-order valence-corrected chi connectivity index (χ2v) is 5.73. The summed E-state index contributed by atoms with van der Waals surface area (Å²) in [5, 5.41) is 4.18. The molecule has 3 rings (SSSR count). The van der Waals surface area contributed by atoms with Crippen LogP contribution in [0.15, 0.2) is 42.5 Å². The lowest BCUT2D eigenvalue weighted by Crippen LogP contribution is -2.32. The van der Waals surface area contributed by atoms with Crippen LogP contribution in [0.2, 0.25) is 10.0 Å². The van der Waals surface area contributed by atoms with E-state index >= 15 is 0 Å². The molecule has 0 aromatic heterocycles. The molecule has 1 unspecified atom stereocenters. The fourth-order valence-electron chi connectivity index (χ4n) is 2.39. The molecule has 0 bridgehead atoms. The molecule has 0 saturated carbocycles. The van der Waals surface area contributed by atoms with Crippen molar-refractivity contribution in [2.24, 2.45) is 0 Å². The highest BCUT2D eigenvalue weighted by Crippen LogP contribution is 2.34. The molecule has 0 fully saturated rings. The average Bonchev–Trinajstić information content (AvgIpc) is 2.48. The topological polar surface area (TPSA) is 38.3 Å². The molecule has 1 aliphatic heterocycles. The Kier molecular flexibility index (Phi) is 4.04.